The first kappa shape index (κ1) is 16.8. The maximum Gasteiger partial charge on any atom is 0.320 e. The Morgan fingerprint density at radius 2 is 2.10 bits per heavy atom. The number of carboxylic acids is 1. The van der Waals surface area contributed by atoms with Crippen LogP contribution in [0.25, 0.3) is 0 Å². The lowest BCUT2D eigenvalue weighted by Gasteiger charge is -2.39. The Morgan fingerprint density at radius 3 is 2.60 bits per heavy atom. The number of urea groups is 1. The summed E-state index contributed by atoms with van der Waals surface area (Å²) in [5.74, 6) is -0.871. The van der Waals surface area contributed by atoms with E-state index in [2.05, 4.69) is 11.9 Å². The van der Waals surface area contributed by atoms with E-state index in [0.717, 1.165) is 25.9 Å². The van der Waals surface area contributed by atoms with Crippen LogP contribution in [0.1, 0.15) is 33.1 Å². The van der Waals surface area contributed by atoms with Crippen LogP contribution in [0.2, 0.25) is 0 Å². The van der Waals surface area contributed by atoms with Gasteiger partial charge in [0, 0.05) is 32.2 Å². The molecule has 0 saturated carbocycles. The monoisotopic (exact) mass is 285 g/mol. The molecule has 0 radical (unpaired) electrons. The SMILES string of the molecule is CCN(C(=O)N(C)C1CCCN(C)C1)C(C)CC(=O)O. The van der Waals surface area contributed by atoms with Crippen molar-refractivity contribution < 1.29 is 14.7 Å². The van der Waals surface area contributed by atoms with E-state index in [-0.39, 0.29) is 24.5 Å². The molecule has 2 atom stereocenters. The molecule has 0 spiro atoms. The van der Waals surface area contributed by atoms with Crippen molar-refractivity contribution in [3.63, 3.8) is 0 Å². The number of hydrogen-bond donors (Lipinski definition) is 1. The number of carboxylic acid groups (broad SMARTS) is 1. The maximum absolute atomic E-state index is 12.5. The molecule has 1 rings (SSSR count). The minimum Gasteiger partial charge on any atom is -0.481 e. The molecule has 2 amide bonds. The standard InChI is InChI=1S/C14H27N3O3/c1-5-17(11(2)9-13(18)19)14(20)16(4)12-7-6-8-15(3)10-12/h11-12H,5-10H2,1-4H3,(H,18,19). The first-order valence-electron chi connectivity index (χ1n) is 7.30. The fourth-order valence-corrected chi connectivity index (χ4v) is 2.81. The molecule has 1 aliphatic rings. The molecule has 0 aromatic carbocycles. The third-order valence-electron chi connectivity index (χ3n) is 4.04. The van der Waals surface area contributed by atoms with E-state index in [1.807, 2.05) is 14.0 Å². The highest BCUT2D eigenvalue weighted by atomic mass is 16.4. The molecule has 116 valence electrons. The summed E-state index contributed by atoms with van der Waals surface area (Å²) >= 11 is 0. The van der Waals surface area contributed by atoms with Gasteiger partial charge in [0.05, 0.1) is 6.42 Å². The van der Waals surface area contributed by atoms with Crippen molar-refractivity contribution in [1.29, 1.82) is 0 Å². The zero-order chi connectivity index (χ0) is 15.3. The Morgan fingerprint density at radius 1 is 1.45 bits per heavy atom. The summed E-state index contributed by atoms with van der Waals surface area (Å²) in [4.78, 5) is 29.0. The van der Waals surface area contributed by atoms with Crippen molar-refractivity contribution in [3.05, 3.63) is 0 Å². The second kappa shape index (κ2) is 7.47. The fraction of sp³-hybridized carbons (Fsp3) is 0.857. The van der Waals surface area contributed by atoms with Gasteiger partial charge in [-0.3, -0.25) is 4.79 Å². The predicted molar refractivity (Wildman–Crippen MR) is 77.8 cm³/mol. The Labute approximate surface area is 121 Å². The molecule has 0 aromatic heterocycles. The molecule has 2 unspecified atom stereocenters. The maximum atomic E-state index is 12.5. The van der Waals surface area contributed by atoms with E-state index >= 15 is 0 Å². The number of amides is 2. The number of likely N-dealkylation sites (tertiary alicyclic amines) is 1. The molecule has 6 heteroatoms. The summed E-state index contributed by atoms with van der Waals surface area (Å²) in [6, 6.07) is -0.136. The number of aliphatic carboxylic acids is 1. The van der Waals surface area contributed by atoms with Crippen molar-refractivity contribution >= 4 is 12.0 Å². The molecule has 0 bridgehead atoms. The highest BCUT2D eigenvalue weighted by Gasteiger charge is 2.29. The molecule has 0 aromatic rings. The Balaban J connectivity index is 2.66. The average molecular weight is 285 g/mol. The molecular formula is C14H27N3O3. The van der Waals surface area contributed by atoms with E-state index in [1.54, 1.807) is 16.7 Å². The molecule has 1 saturated heterocycles. The van der Waals surface area contributed by atoms with Gasteiger partial charge in [-0.15, -0.1) is 0 Å². The number of rotatable bonds is 5. The molecule has 1 heterocycles. The molecule has 6 nitrogen and oxygen atoms in total. The van der Waals surface area contributed by atoms with Gasteiger partial charge in [-0.1, -0.05) is 0 Å². The van der Waals surface area contributed by atoms with Crippen LogP contribution >= 0.6 is 0 Å². The van der Waals surface area contributed by atoms with Gasteiger partial charge in [-0.05, 0) is 40.3 Å². The first-order chi connectivity index (χ1) is 9.36. The van der Waals surface area contributed by atoms with Crippen LogP contribution in [0.3, 0.4) is 0 Å². The number of carbonyl (C=O) groups is 2. The molecular weight excluding hydrogens is 258 g/mol. The lowest BCUT2D eigenvalue weighted by molar-refractivity contribution is -0.138. The van der Waals surface area contributed by atoms with Crippen LogP contribution in [0.5, 0.6) is 0 Å². The summed E-state index contributed by atoms with van der Waals surface area (Å²) in [5, 5.41) is 8.87. The van der Waals surface area contributed by atoms with Crippen LogP contribution in [0.4, 0.5) is 4.79 Å². The normalized spacial score (nSPS) is 21.3. The van der Waals surface area contributed by atoms with Gasteiger partial charge in [-0.25, -0.2) is 4.79 Å². The van der Waals surface area contributed by atoms with Crippen molar-refractivity contribution in [3.8, 4) is 0 Å². The Bertz CT molecular complexity index is 349. The zero-order valence-corrected chi connectivity index (χ0v) is 13.0. The summed E-state index contributed by atoms with van der Waals surface area (Å²) in [7, 11) is 3.89. The Kier molecular flexibility index (Phi) is 6.26. The summed E-state index contributed by atoms with van der Waals surface area (Å²) < 4.78 is 0. The predicted octanol–water partition coefficient (Wildman–Crippen LogP) is 1.32. The van der Waals surface area contributed by atoms with Gasteiger partial charge >= 0.3 is 12.0 Å². The first-order valence-corrected chi connectivity index (χ1v) is 7.30. The number of piperidine rings is 1. The van der Waals surface area contributed by atoms with Crippen LogP contribution in [-0.4, -0.2) is 77.6 Å². The number of carbonyl (C=O) groups excluding carboxylic acids is 1. The quantitative estimate of drug-likeness (QED) is 0.827. The molecule has 0 aliphatic carbocycles. The van der Waals surface area contributed by atoms with Gasteiger partial charge in [0.1, 0.15) is 0 Å². The van der Waals surface area contributed by atoms with Crippen LogP contribution in [0.15, 0.2) is 0 Å². The lowest BCUT2D eigenvalue weighted by atomic mass is 10.1. The summed E-state index contributed by atoms with van der Waals surface area (Å²) in [6.07, 6.45) is 2.09. The van der Waals surface area contributed by atoms with Crippen LogP contribution in [-0.2, 0) is 4.79 Å². The van der Waals surface area contributed by atoms with Gasteiger partial charge < -0.3 is 19.8 Å². The summed E-state index contributed by atoms with van der Waals surface area (Å²) in [6.45, 7) is 6.16. The minimum absolute atomic E-state index is 0.0159. The minimum atomic E-state index is -0.871. The zero-order valence-electron chi connectivity index (χ0n) is 13.0. The van der Waals surface area contributed by atoms with Crippen molar-refractivity contribution in [1.82, 2.24) is 14.7 Å². The van der Waals surface area contributed by atoms with E-state index in [4.69, 9.17) is 5.11 Å². The van der Waals surface area contributed by atoms with Gasteiger partial charge in [0.25, 0.3) is 0 Å². The van der Waals surface area contributed by atoms with Gasteiger partial charge in [0.15, 0.2) is 0 Å². The number of likely N-dealkylation sites (N-methyl/N-ethyl adjacent to an activating group) is 2. The van der Waals surface area contributed by atoms with Crippen molar-refractivity contribution in [2.45, 2.75) is 45.2 Å². The number of nitrogens with zero attached hydrogens (tertiary/aromatic N) is 3. The Hall–Kier alpha value is -1.30. The largest absolute Gasteiger partial charge is 0.481 e. The highest BCUT2D eigenvalue weighted by molar-refractivity contribution is 5.76. The van der Waals surface area contributed by atoms with Crippen molar-refractivity contribution in [2.75, 3.05) is 33.7 Å². The highest BCUT2D eigenvalue weighted by Crippen LogP contribution is 2.16. The fourth-order valence-electron chi connectivity index (χ4n) is 2.81. The van der Waals surface area contributed by atoms with E-state index < -0.39 is 5.97 Å². The van der Waals surface area contributed by atoms with Crippen LogP contribution in [0, 0.1) is 0 Å². The lowest BCUT2D eigenvalue weighted by Crippen LogP contribution is -2.53. The van der Waals surface area contributed by atoms with Gasteiger partial charge in [-0.2, -0.15) is 0 Å². The third-order valence-corrected chi connectivity index (χ3v) is 4.04. The van der Waals surface area contributed by atoms with E-state index in [9.17, 15) is 9.59 Å². The molecule has 1 fully saturated rings. The van der Waals surface area contributed by atoms with E-state index in [1.165, 1.54) is 0 Å². The molecule has 20 heavy (non-hydrogen) atoms. The second-order valence-electron chi connectivity index (χ2n) is 5.68. The van der Waals surface area contributed by atoms with Gasteiger partial charge in [0.2, 0.25) is 0 Å². The topological polar surface area (TPSA) is 64.1 Å². The summed E-state index contributed by atoms with van der Waals surface area (Å²) in [5.41, 5.74) is 0. The van der Waals surface area contributed by atoms with E-state index in [0.29, 0.717) is 6.54 Å². The average Bonchev–Trinajstić information content (AvgIpc) is 2.37. The van der Waals surface area contributed by atoms with Crippen molar-refractivity contribution in [2.24, 2.45) is 0 Å². The van der Waals surface area contributed by atoms with Crippen LogP contribution < -0.4 is 0 Å². The second-order valence-corrected chi connectivity index (χ2v) is 5.68. The smallest absolute Gasteiger partial charge is 0.320 e. The third kappa shape index (κ3) is 4.37. The molecule has 1 N–H and O–H groups in total. The molecule has 1 aliphatic heterocycles. The number of hydrogen-bond acceptors (Lipinski definition) is 3.